The van der Waals surface area contributed by atoms with Crippen molar-refractivity contribution in [1.29, 1.82) is 0 Å². The van der Waals surface area contributed by atoms with Crippen LogP contribution in [0.1, 0.15) is 32.6 Å². The topological polar surface area (TPSA) is 128 Å². The second-order valence-corrected chi connectivity index (χ2v) is 9.72. The number of nitrogens with zero attached hydrogens (tertiary/aromatic N) is 1. The van der Waals surface area contributed by atoms with Crippen LogP contribution in [0.2, 0.25) is 0 Å². The van der Waals surface area contributed by atoms with Crippen molar-refractivity contribution in [3.63, 3.8) is 0 Å². The van der Waals surface area contributed by atoms with Crippen molar-refractivity contribution in [3.8, 4) is 10.4 Å². The maximum atomic E-state index is 12.5. The molecule has 0 bridgehead atoms. The normalized spacial score (nSPS) is 11.3. The van der Waals surface area contributed by atoms with Gasteiger partial charge in [-0.2, -0.15) is 0 Å². The number of anilines is 1. The zero-order chi connectivity index (χ0) is 22.6. The Morgan fingerprint density at radius 3 is 2.53 bits per heavy atom. The van der Waals surface area contributed by atoms with E-state index in [4.69, 9.17) is 9.52 Å². The van der Waals surface area contributed by atoms with Gasteiger partial charge in [0.25, 0.3) is 0 Å². The van der Waals surface area contributed by atoms with E-state index in [9.17, 15) is 22.6 Å². The van der Waals surface area contributed by atoms with E-state index >= 15 is 0 Å². The molecule has 0 spiro atoms. The summed E-state index contributed by atoms with van der Waals surface area (Å²) in [4.78, 5) is 25.6. The number of benzene rings is 1. The molecule has 0 atom stereocenters. The number of carbonyl (C=O) groups is 1. The Morgan fingerprint density at radius 1 is 1.16 bits per heavy atom. The van der Waals surface area contributed by atoms with Crippen LogP contribution in [0.15, 0.2) is 49.8 Å². The molecule has 166 valence electrons. The van der Waals surface area contributed by atoms with Gasteiger partial charge in [0.1, 0.15) is 19.9 Å². The summed E-state index contributed by atoms with van der Waals surface area (Å²) in [6, 6.07) is 9.75. The summed E-state index contributed by atoms with van der Waals surface area (Å²) in [5, 5.41) is 9.39. The number of unbranched alkanes of at least 4 members (excludes halogenated alkanes) is 2. The molecule has 0 saturated carbocycles. The summed E-state index contributed by atoms with van der Waals surface area (Å²) in [5.74, 6) is -0.787. The monoisotopic (exact) mass is 487 g/mol. The van der Waals surface area contributed by atoms with E-state index in [1.165, 1.54) is 12.1 Å². The average Bonchev–Trinajstić information content (AvgIpc) is 3.20. The Morgan fingerprint density at radius 2 is 1.91 bits per heavy atom. The van der Waals surface area contributed by atoms with E-state index in [-0.39, 0.29) is 45.8 Å². The second-order valence-electron chi connectivity index (χ2n) is 7.03. The molecule has 0 aliphatic heterocycles. The molecular formula is C21H22NNaO7S2. The molecule has 3 rings (SSSR count). The third-order valence-corrected chi connectivity index (χ3v) is 7.28. The van der Waals surface area contributed by atoms with E-state index in [2.05, 4.69) is 4.90 Å². The van der Waals surface area contributed by atoms with Crippen LogP contribution in [0.4, 0.5) is 5.69 Å². The van der Waals surface area contributed by atoms with Crippen molar-refractivity contribution < 1.29 is 56.8 Å². The van der Waals surface area contributed by atoms with E-state index in [0.717, 1.165) is 43.0 Å². The van der Waals surface area contributed by atoms with Crippen LogP contribution in [0.25, 0.3) is 21.4 Å². The molecule has 0 aliphatic rings. The number of rotatable bonds is 10. The van der Waals surface area contributed by atoms with Crippen molar-refractivity contribution in [3.05, 3.63) is 46.8 Å². The molecule has 8 nitrogen and oxygen atoms in total. The van der Waals surface area contributed by atoms with Gasteiger partial charge in [-0.15, -0.1) is 11.3 Å². The minimum Gasteiger partial charge on any atom is -0.743 e. The Bertz CT molecular complexity index is 1250. The average molecular weight is 488 g/mol. The van der Waals surface area contributed by atoms with E-state index < -0.39 is 21.7 Å². The maximum absolute atomic E-state index is 12.5. The molecule has 1 N–H and O–H groups in total. The fourth-order valence-corrected chi connectivity index (χ4v) is 4.95. The third-order valence-electron chi connectivity index (χ3n) is 4.88. The largest absolute Gasteiger partial charge is 1.00 e. The summed E-state index contributed by atoms with van der Waals surface area (Å²) >= 11 is 0.737. The zero-order valence-electron chi connectivity index (χ0n) is 17.9. The molecule has 0 aliphatic carbocycles. The van der Waals surface area contributed by atoms with Crippen LogP contribution < -0.4 is 40.1 Å². The van der Waals surface area contributed by atoms with Crippen molar-refractivity contribution in [2.24, 2.45) is 0 Å². The van der Waals surface area contributed by atoms with Crippen LogP contribution in [-0.4, -0.2) is 37.1 Å². The van der Waals surface area contributed by atoms with Crippen LogP contribution >= 0.6 is 11.3 Å². The molecule has 0 fully saturated rings. The standard InChI is InChI=1S/C21H23NO7S2.Na/c1-2-22(11-5-3-4-6-19(23)24)15-8-7-14-12-16(21(25)29-17(14)13-15)18-9-10-20(30-18)31(26,27)28;/h7-10,12-13H,2-6,11H2,1H3,(H,23,24)(H,26,27,28);/q;+1/p-1. The van der Waals surface area contributed by atoms with Crippen LogP contribution in [0, 0.1) is 0 Å². The van der Waals surface area contributed by atoms with Gasteiger partial charge in [0, 0.05) is 41.5 Å². The molecule has 2 aromatic heterocycles. The first-order chi connectivity index (χ1) is 14.7. The molecule has 0 amide bonds. The molecule has 3 aromatic rings. The molecule has 0 radical (unpaired) electrons. The molecule has 1 aromatic carbocycles. The molecule has 2 heterocycles. The molecule has 0 saturated heterocycles. The van der Waals surface area contributed by atoms with E-state index in [0.29, 0.717) is 22.3 Å². The van der Waals surface area contributed by atoms with Gasteiger partial charge >= 0.3 is 41.2 Å². The van der Waals surface area contributed by atoms with Gasteiger partial charge in [0.05, 0.1) is 5.56 Å². The fraction of sp³-hybridized carbons (Fsp3) is 0.333. The van der Waals surface area contributed by atoms with Crippen LogP contribution in [0.3, 0.4) is 0 Å². The molecule has 32 heavy (non-hydrogen) atoms. The smallest absolute Gasteiger partial charge is 0.743 e. The Kier molecular flexibility index (Phi) is 9.50. The van der Waals surface area contributed by atoms with Crippen molar-refractivity contribution in [1.82, 2.24) is 0 Å². The van der Waals surface area contributed by atoms with Crippen molar-refractivity contribution >= 4 is 44.1 Å². The predicted octanol–water partition coefficient (Wildman–Crippen LogP) is 0.901. The Balaban J connectivity index is 0.00000363. The molecular weight excluding hydrogens is 465 g/mol. The van der Waals surface area contributed by atoms with Gasteiger partial charge in [0.2, 0.25) is 0 Å². The van der Waals surface area contributed by atoms with Crippen LogP contribution in [-0.2, 0) is 14.9 Å². The first-order valence-electron chi connectivity index (χ1n) is 9.80. The van der Waals surface area contributed by atoms with Gasteiger partial charge in [-0.3, -0.25) is 4.79 Å². The van der Waals surface area contributed by atoms with Gasteiger partial charge < -0.3 is 19.0 Å². The summed E-state index contributed by atoms with van der Waals surface area (Å²) in [6.07, 6.45) is 2.48. The summed E-state index contributed by atoms with van der Waals surface area (Å²) in [7, 11) is -4.58. The van der Waals surface area contributed by atoms with E-state index in [1.807, 2.05) is 19.1 Å². The summed E-state index contributed by atoms with van der Waals surface area (Å²) in [6.45, 7) is 3.51. The van der Waals surface area contributed by atoms with Gasteiger partial charge in [-0.25, -0.2) is 13.2 Å². The number of thiophene rings is 1. The number of aliphatic carboxylic acids is 1. The fourth-order valence-electron chi connectivity index (χ4n) is 3.29. The van der Waals surface area contributed by atoms with Crippen molar-refractivity contribution in [2.45, 2.75) is 36.8 Å². The van der Waals surface area contributed by atoms with Gasteiger partial charge in [-0.05, 0) is 50.1 Å². The second kappa shape index (κ2) is 11.4. The summed E-state index contributed by atoms with van der Waals surface area (Å²) in [5.41, 5.74) is 0.882. The van der Waals surface area contributed by atoms with Gasteiger partial charge in [-0.1, -0.05) is 6.42 Å². The molecule has 11 heteroatoms. The Hall–Kier alpha value is -1.69. The third kappa shape index (κ3) is 6.66. The van der Waals surface area contributed by atoms with Crippen molar-refractivity contribution in [2.75, 3.05) is 18.0 Å². The zero-order valence-corrected chi connectivity index (χ0v) is 21.5. The number of fused-ring (bicyclic) bond motifs is 1. The number of carboxylic acid groups (broad SMARTS) is 1. The number of hydrogen-bond donors (Lipinski definition) is 1. The van der Waals surface area contributed by atoms with E-state index in [1.54, 1.807) is 12.1 Å². The quantitative estimate of drug-likeness (QED) is 0.193. The minimum atomic E-state index is -4.58. The predicted molar refractivity (Wildman–Crippen MR) is 118 cm³/mol. The first-order valence-corrected chi connectivity index (χ1v) is 12.0. The van der Waals surface area contributed by atoms with Crippen LogP contribution in [0.5, 0.6) is 0 Å². The minimum absolute atomic E-state index is 0. The first kappa shape index (κ1) is 26.6. The number of hydrogen-bond acceptors (Lipinski definition) is 8. The SMILES string of the molecule is CCN(CCCCCC(=O)O)c1ccc2cc(-c3ccc(S(=O)(=O)[O-])s3)c(=O)oc2c1.[Na+]. The summed E-state index contributed by atoms with van der Waals surface area (Å²) < 4.78 is 38.6. The Labute approximate surface area is 211 Å². The maximum Gasteiger partial charge on any atom is 1.00 e. The molecule has 0 unspecified atom stereocenters. The number of carboxylic acids is 1. The van der Waals surface area contributed by atoms with Gasteiger partial charge in [0.15, 0.2) is 0 Å².